The van der Waals surface area contributed by atoms with Gasteiger partial charge < -0.3 is 10.0 Å². The third kappa shape index (κ3) is 4.51. The Balaban J connectivity index is 1.40. The van der Waals surface area contributed by atoms with Crippen LogP contribution >= 0.6 is 11.6 Å². The molecule has 3 aromatic rings. The fourth-order valence-electron chi connectivity index (χ4n) is 6.19. The van der Waals surface area contributed by atoms with Crippen molar-refractivity contribution < 1.29 is 18.7 Å². The number of halogens is 3. The Labute approximate surface area is 220 Å². The summed E-state index contributed by atoms with van der Waals surface area (Å²) < 4.78 is 27.9. The molecule has 0 aliphatic carbocycles. The molecular formula is C28H30ClF2N4O2+. The summed E-state index contributed by atoms with van der Waals surface area (Å²) >= 11 is 6.08. The maximum absolute atomic E-state index is 14.2. The van der Waals surface area contributed by atoms with Crippen LogP contribution in [0, 0.1) is 29.4 Å². The summed E-state index contributed by atoms with van der Waals surface area (Å²) in [6.07, 6.45) is 4.94. The number of hydrogen-bond acceptors (Lipinski definition) is 4. The minimum atomic E-state index is -1.17. The zero-order valence-electron chi connectivity index (χ0n) is 20.8. The van der Waals surface area contributed by atoms with Gasteiger partial charge in [0.05, 0.1) is 41.7 Å². The average molecular weight is 528 g/mol. The van der Waals surface area contributed by atoms with Crippen LogP contribution in [-0.2, 0) is 10.4 Å². The molecule has 2 fully saturated rings. The fourth-order valence-corrected chi connectivity index (χ4v) is 6.30. The van der Waals surface area contributed by atoms with Crippen LogP contribution in [0.5, 0.6) is 0 Å². The van der Waals surface area contributed by atoms with Gasteiger partial charge in [-0.2, -0.15) is 0 Å². The fraction of sp³-hybridized carbons (Fsp3) is 0.393. The molecular weight excluding hydrogens is 498 g/mol. The third-order valence-electron chi connectivity index (χ3n) is 8.19. The van der Waals surface area contributed by atoms with Crippen LogP contribution in [0.3, 0.4) is 0 Å². The van der Waals surface area contributed by atoms with Gasteiger partial charge in [0.25, 0.3) is 0 Å². The number of rotatable bonds is 4. The SMILES string of the molecule is C[C@@H]1CN(C(=O)[C@H]2CC[N+](c3cncc(F)c3)(c3ccc(Cl)cn3)C2)C[C@H](C)[C@]1(O)c1ccc(F)cc1. The second kappa shape index (κ2) is 9.74. The summed E-state index contributed by atoms with van der Waals surface area (Å²) in [5.74, 6) is -0.925. The van der Waals surface area contributed by atoms with E-state index in [0.717, 1.165) is 6.20 Å². The van der Waals surface area contributed by atoms with Gasteiger partial charge in [0.2, 0.25) is 11.7 Å². The molecule has 0 saturated carbocycles. The Morgan fingerprint density at radius 3 is 2.38 bits per heavy atom. The van der Waals surface area contributed by atoms with E-state index in [1.54, 1.807) is 30.6 Å². The van der Waals surface area contributed by atoms with E-state index in [0.29, 0.717) is 54.7 Å². The Kier molecular flexibility index (Phi) is 6.77. The monoisotopic (exact) mass is 527 g/mol. The summed E-state index contributed by atoms with van der Waals surface area (Å²) in [5, 5.41) is 12.1. The molecule has 1 aromatic carbocycles. The van der Waals surface area contributed by atoms with Crippen molar-refractivity contribution in [1.82, 2.24) is 19.4 Å². The molecule has 1 amide bonds. The minimum Gasteiger partial charge on any atom is -0.384 e. The number of likely N-dealkylation sites (tertiary alicyclic amines) is 1. The number of piperidine rings is 1. The van der Waals surface area contributed by atoms with Crippen molar-refractivity contribution >= 4 is 29.0 Å². The first-order valence-corrected chi connectivity index (χ1v) is 12.9. The summed E-state index contributed by atoms with van der Waals surface area (Å²) in [4.78, 5) is 24.2. The van der Waals surface area contributed by atoms with Crippen LogP contribution in [0.4, 0.5) is 20.3 Å². The third-order valence-corrected chi connectivity index (χ3v) is 8.41. The van der Waals surface area contributed by atoms with Crippen molar-refractivity contribution in [3.05, 3.63) is 83.3 Å². The first-order chi connectivity index (χ1) is 17.6. The molecule has 37 heavy (non-hydrogen) atoms. The largest absolute Gasteiger partial charge is 0.384 e. The van der Waals surface area contributed by atoms with E-state index in [1.807, 2.05) is 24.8 Å². The van der Waals surface area contributed by atoms with E-state index in [1.165, 1.54) is 18.2 Å². The number of quaternary nitrogens is 1. The molecule has 2 aliphatic rings. The lowest BCUT2D eigenvalue weighted by atomic mass is 9.70. The van der Waals surface area contributed by atoms with Gasteiger partial charge in [0.15, 0.2) is 5.69 Å². The maximum Gasteiger partial charge on any atom is 0.232 e. The standard InChI is InChI=1S/C28H30ClF2N4O2/c1-18-15-34(16-19(2)28(18,37)21-3-6-23(30)7-4-21)27(36)20-9-10-35(17-20,25-11-24(31)13-32-14-25)26-8-5-22(29)12-33-26/h3-8,11-14,18-20,37H,9-10,15-17H2,1-2H3/q+1/t18-,19+,20-,28+,35?/m0/s1. The lowest BCUT2D eigenvalue weighted by Crippen LogP contribution is -2.57. The Morgan fingerprint density at radius 1 is 1.05 bits per heavy atom. The molecule has 5 atom stereocenters. The van der Waals surface area contributed by atoms with E-state index in [4.69, 9.17) is 11.6 Å². The van der Waals surface area contributed by atoms with E-state index in [9.17, 15) is 18.7 Å². The van der Waals surface area contributed by atoms with Crippen molar-refractivity contribution in [2.75, 3.05) is 26.2 Å². The summed E-state index contributed by atoms with van der Waals surface area (Å²) in [7, 11) is 0. The van der Waals surface area contributed by atoms with Crippen LogP contribution < -0.4 is 4.48 Å². The Bertz CT molecular complexity index is 1280. The summed E-state index contributed by atoms with van der Waals surface area (Å²) in [6, 6.07) is 11.0. The van der Waals surface area contributed by atoms with Crippen LogP contribution in [0.2, 0.25) is 5.02 Å². The van der Waals surface area contributed by atoms with Crippen LogP contribution in [0.25, 0.3) is 0 Å². The van der Waals surface area contributed by atoms with Gasteiger partial charge in [-0.3, -0.25) is 9.78 Å². The second-order valence-electron chi connectivity index (χ2n) is 10.4. The van der Waals surface area contributed by atoms with E-state index in [-0.39, 0.29) is 34.0 Å². The number of nitrogens with zero attached hydrogens (tertiary/aromatic N) is 4. The number of aliphatic hydroxyl groups is 1. The van der Waals surface area contributed by atoms with Gasteiger partial charge in [0.1, 0.15) is 18.2 Å². The number of carbonyl (C=O) groups is 1. The molecule has 194 valence electrons. The summed E-state index contributed by atoms with van der Waals surface area (Å²) in [6.45, 7) is 5.59. The molecule has 0 spiro atoms. The highest BCUT2D eigenvalue weighted by Gasteiger charge is 2.51. The van der Waals surface area contributed by atoms with Gasteiger partial charge in [-0.25, -0.2) is 18.2 Å². The average Bonchev–Trinajstić information content (AvgIpc) is 3.34. The topological polar surface area (TPSA) is 66.3 Å². The molecule has 1 N–H and O–H groups in total. The first-order valence-electron chi connectivity index (χ1n) is 12.5. The summed E-state index contributed by atoms with van der Waals surface area (Å²) in [5.41, 5.74) is 0.127. The van der Waals surface area contributed by atoms with Crippen molar-refractivity contribution in [2.45, 2.75) is 25.9 Å². The maximum atomic E-state index is 14.2. The molecule has 0 radical (unpaired) electrons. The molecule has 2 saturated heterocycles. The van der Waals surface area contributed by atoms with Crippen molar-refractivity contribution in [1.29, 1.82) is 0 Å². The first kappa shape index (κ1) is 25.7. The Hall–Kier alpha value is -2.94. The molecule has 6 nitrogen and oxygen atoms in total. The molecule has 9 heteroatoms. The number of benzene rings is 1. The number of carbonyl (C=O) groups excluding carboxylic acids is 1. The molecule has 4 heterocycles. The molecule has 5 rings (SSSR count). The van der Waals surface area contributed by atoms with Crippen molar-refractivity contribution in [3.8, 4) is 0 Å². The van der Waals surface area contributed by atoms with Crippen molar-refractivity contribution in [2.24, 2.45) is 17.8 Å². The lowest BCUT2D eigenvalue weighted by molar-refractivity contribution is -0.152. The minimum absolute atomic E-state index is 0.0122. The van der Waals surface area contributed by atoms with Gasteiger partial charge in [0, 0.05) is 43.5 Å². The van der Waals surface area contributed by atoms with Crippen LogP contribution in [0.1, 0.15) is 25.8 Å². The van der Waals surface area contributed by atoms with E-state index < -0.39 is 11.4 Å². The molecule has 2 aliphatic heterocycles. The Morgan fingerprint density at radius 2 is 1.76 bits per heavy atom. The number of hydrogen-bond donors (Lipinski definition) is 1. The van der Waals surface area contributed by atoms with Crippen molar-refractivity contribution in [3.63, 3.8) is 0 Å². The number of amides is 1. The zero-order valence-corrected chi connectivity index (χ0v) is 21.6. The van der Waals surface area contributed by atoms with Gasteiger partial charge in [-0.05, 0) is 23.8 Å². The predicted molar refractivity (Wildman–Crippen MR) is 138 cm³/mol. The molecule has 2 aromatic heterocycles. The van der Waals surface area contributed by atoms with Gasteiger partial charge in [-0.1, -0.05) is 37.6 Å². The smallest absolute Gasteiger partial charge is 0.232 e. The lowest BCUT2D eigenvalue weighted by Gasteiger charge is -2.48. The molecule has 1 unspecified atom stereocenters. The normalized spacial score (nSPS) is 29.9. The van der Waals surface area contributed by atoms with Gasteiger partial charge >= 0.3 is 0 Å². The number of pyridine rings is 2. The predicted octanol–water partition coefficient (Wildman–Crippen LogP) is 5.07. The highest BCUT2D eigenvalue weighted by atomic mass is 35.5. The number of aromatic nitrogens is 2. The quantitative estimate of drug-likeness (QED) is 0.481. The van der Waals surface area contributed by atoms with E-state index >= 15 is 0 Å². The van der Waals surface area contributed by atoms with Crippen LogP contribution in [0.15, 0.2) is 61.1 Å². The highest BCUT2D eigenvalue weighted by Crippen LogP contribution is 2.44. The van der Waals surface area contributed by atoms with Crippen LogP contribution in [-0.4, -0.2) is 52.1 Å². The van der Waals surface area contributed by atoms with Gasteiger partial charge in [-0.15, -0.1) is 0 Å². The second-order valence-corrected chi connectivity index (χ2v) is 10.9. The molecule has 0 bridgehead atoms. The van der Waals surface area contributed by atoms with E-state index in [2.05, 4.69) is 9.97 Å². The zero-order chi connectivity index (χ0) is 26.4. The highest BCUT2D eigenvalue weighted by molar-refractivity contribution is 6.30.